The Hall–Kier alpha value is -0.990. The zero-order chi connectivity index (χ0) is 14.2. The SMILES string of the molecule is O=C1CC(CS(=O)(=O)Cl)CN1c1nc(Cl)ncc1F. The smallest absolute Gasteiger partial charge is 0.232 e. The minimum Gasteiger partial charge on any atom is -0.294 e. The molecule has 1 fully saturated rings. The molecule has 104 valence electrons. The Balaban J connectivity index is 2.23. The van der Waals surface area contributed by atoms with Gasteiger partial charge in [0.25, 0.3) is 0 Å². The minimum atomic E-state index is -3.71. The summed E-state index contributed by atoms with van der Waals surface area (Å²) in [6, 6.07) is 0. The van der Waals surface area contributed by atoms with Gasteiger partial charge in [-0.3, -0.25) is 9.69 Å². The first kappa shape index (κ1) is 14.4. The van der Waals surface area contributed by atoms with Crippen LogP contribution in [0.1, 0.15) is 6.42 Å². The van der Waals surface area contributed by atoms with Crippen LogP contribution in [0.4, 0.5) is 10.2 Å². The van der Waals surface area contributed by atoms with Crippen LogP contribution in [0.15, 0.2) is 6.20 Å². The Kier molecular flexibility index (Phi) is 3.93. The van der Waals surface area contributed by atoms with E-state index in [1.165, 1.54) is 0 Å². The molecular formula is C9H8Cl2FN3O3S. The molecule has 6 nitrogen and oxygen atoms in total. The van der Waals surface area contributed by atoms with Crippen LogP contribution in [-0.2, 0) is 13.8 Å². The van der Waals surface area contributed by atoms with Crippen molar-refractivity contribution in [3.8, 4) is 0 Å². The van der Waals surface area contributed by atoms with Gasteiger partial charge in [0.15, 0.2) is 11.6 Å². The van der Waals surface area contributed by atoms with E-state index in [2.05, 4.69) is 9.97 Å². The van der Waals surface area contributed by atoms with Crippen molar-refractivity contribution < 1.29 is 17.6 Å². The van der Waals surface area contributed by atoms with Crippen molar-refractivity contribution in [2.24, 2.45) is 5.92 Å². The van der Waals surface area contributed by atoms with Gasteiger partial charge in [-0.2, -0.15) is 4.98 Å². The van der Waals surface area contributed by atoms with E-state index in [0.717, 1.165) is 11.1 Å². The summed E-state index contributed by atoms with van der Waals surface area (Å²) in [6.45, 7) is 0.0229. The summed E-state index contributed by atoms with van der Waals surface area (Å²) in [5.74, 6) is -2.33. The minimum absolute atomic E-state index is 0.0229. The van der Waals surface area contributed by atoms with Crippen molar-refractivity contribution in [3.63, 3.8) is 0 Å². The van der Waals surface area contributed by atoms with Gasteiger partial charge < -0.3 is 0 Å². The molecule has 10 heteroatoms. The molecule has 0 aliphatic carbocycles. The molecule has 19 heavy (non-hydrogen) atoms. The maximum atomic E-state index is 13.5. The quantitative estimate of drug-likeness (QED) is 0.615. The van der Waals surface area contributed by atoms with Gasteiger partial charge in [0, 0.05) is 29.6 Å². The van der Waals surface area contributed by atoms with E-state index in [1.807, 2.05) is 0 Å². The molecule has 0 N–H and O–H groups in total. The molecule has 0 spiro atoms. The highest BCUT2D eigenvalue weighted by atomic mass is 35.7. The largest absolute Gasteiger partial charge is 0.294 e. The Labute approximate surface area is 118 Å². The van der Waals surface area contributed by atoms with Crippen LogP contribution in [0.3, 0.4) is 0 Å². The third-order valence-corrected chi connectivity index (χ3v) is 4.02. The summed E-state index contributed by atoms with van der Waals surface area (Å²) in [4.78, 5) is 19.9. The zero-order valence-electron chi connectivity index (χ0n) is 9.38. The van der Waals surface area contributed by atoms with Crippen LogP contribution in [-0.4, -0.2) is 36.6 Å². The maximum Gasteiger partial charge on any atom is 0.232 e. The molecule has 0 aromatic carbocycles. The Morgan fingerprint density at radius 1 is 1.53 bits per heavy atom. The van der Waals surface area contributed by atoms with Crippen molar-refractivity contribution in [3.05, 3.63) is 17.3 Å². The summed E-state index contributed by atoms with van der Waals surface area (Å²) < 4.78 is 35.5. The van der Waals surface area contributed by atoms with Gasteiger partial charge in [0.1, 0.15) is 0 Å². The van der Waals surface area contributed by atoms with E-state index in [1.54, 1.807) is 0 Å². The van der Waals surface area contributed by atoms with Crippen molar-refractivity contribution in [1.82, 2.24) is 9.97 Å². The van der Waals surface area contributed by atoms with Crippen molar-refractivity contribution >= 4 is 43.1 Å². The topological polar surface area (TPSA) is 80.2 Å². The standard InChI is InChI=1S/C9H8Cl2FN3O3S/c10-9-13-2-6(12)8(14-9)15-3-5(1-7(15)16)4-19(11,17)18/h2,5H,1,3-4H2. The average Bonchev–Trinajstić information content (AvgIpc) is 2.60. The second-order valence-electron chi connectivity index (χ2n) is 4.09. The lowest BCUT2D eigenvalue weighted by Crippen LogP contribution is -2.27. The summed E-state index contributed by atoms with van der Waals surface area (Å²) >= 11 is 5.54. The molecule has 1 aliphatic rings. The maximum absolute atomic E-state index is 13.5. The number of amides is 1. The summed E-state index contributed by atoms with van der Waals surface area (Å²) in [7, 11) is 1.42. The number of anilines is 1. The molecule has 2 heterocycles. The number of hydrogen-bond acceptors (Lipinski definition) is 5. The Bertz CT molecular complexity index is 625. The van der Waals surface area contributed by atoms with Gasteiger partial charge in [0.05, 0.1) is 11.9 Å². The van der Waals surface area contributed by atoms with E-state index in [-0.39, 0.29) is 29.8 Å². The Morgan fingerprint density at radius 2 is 2.21 bits per heavy atom. The van der Waals surface area contributed by atoms with Crippen LogP contribution >= 0.6 is 22.3 Å². The molecule has 1 aromatic heterocycles. The predicted octanol–water partition coefficient (Wildman–Crippen LogP) is 1.19. The molecule has 0 saturated carbocycles. The van der Waals surface area contributed by atoms with Crippen LogP contribution in [0.2, 0.25) is 5.28 Å². The summed E-state index contributed by atoms with van der Waals surface area (Å²) in [6.07, 6.45) is 0.816. The Morgan fingerprint density at radius 3 is 2.84 bits per heavy atom. The van der Waals surface area contributed by atoms with Crippen LogP contribution < -0.4 is 4.90 Å². The molecule has 1 saturated heterocycles. The van der Waals surface area contributed by atoms with Crippen molar-refractivity contribution in [1.29, 1.82) is 0 Å². The van der Waals surface area contributed by atoms with Gasteiger partial charge in [-0.1, -0.05) is 0 Å². The first-order valence-corrected chi connectivity index (χ1v) is 8.02. The van der Waals surface area contributed by atoms with Gasteiger partial charge in [0.2, 0.25) is 20.2 Å². The third-order valence-electron chi connectivity index (χ3n) is 2.59. The zero-order valence-corrected chi connectivity index (χ0v) is 11.7. The van der Waals surface area contributed by atoms with Gasteiger partial charge >= 0.3 is 0 Å². The molecule has 2 rings (SSSR count). The van der Waals surface area contributed by atoms with E-state index >= 15 is 0 Å². The molecule has 0 bridgehead atoms. The van der Waals surface area contributed by atoms with Crippen LogP contribution in [0.25, 0.3) is 0 Å². The normalized spacial score (nSPS) is 20.1. The van der Waals surface area contributed by atoms with Crippen molar-refractivity contribution in [2.75, 3.05) is 17.2 Å². The number of aromatic nitrogens is 2. The molecule has 1 amide bonds. The van der Waals surface area contributed by atoms with Crippen molar-refractivity contribution in [2.45, 2.75) is 6.42 Å². The first-order chi connectivity index (χ1) is 8.76. The molecule has 1 aliphatic heterocycles. The van der Waals surface area contributed by atoms with Gasteiger partial charge in [-0.25, -0.2) is 17.8 Å². The van der Waals surface area contributed by atoms with Crippen LogP contribution in [0.5, 0.6) is 0 Å². The molecule has 1 aromatic rings. The lowest BCUT2D eigenvalue weighted by Gasteiger charge is -2.15. The number of halogens is 3. The summed E-state index contributed by atoms with van der Waals surface area (Å²) in [5, 5.41) is -0.197. The highest BCUT2D eigenvalue weighted by Gasteiger charge is 2.35. The van der Waals surface area contributed by atoms with Gasteiger partial charge in [-0.15, -0.1) is 0 Å². The van der Waals surface area contributed by atoms with E-state index < -0.39 is 26.7 Å². The molecular weight excluding hydrogens is 320 g/mol. The lowest BCUT2D eigenvalue weighted by molar-refractivity contribution is -0.117. The number of nitrogens with zero attached hydrogens (tertiary/aromatic N) is 3. The fraction of sp³-hybridized carbons (Fsp3) is 0.444. The summed E-state index contributed by atoms with van der Waals surface area (Å²) in [5.41, 5.74) is 0. The first-order valence-electron chi connectivity index (χ1n) is 5.17. The average molecular weight is 328 g/mol. The molecule has 0 radical (unpaired) electrons. The predicted molar refractivity (Wildman–Crippen MR) is 67.1 cm³/mol. The number of carbonyl (C=O) groups is 1. The van der Waals surface area contributed by atoms with Crippen LogP contribution in [0, 0.1) is 11.7 Å². The fourth-order valence-corrected chi connectivity index (χ4v) is 3.36. The lowest BCUT2D eigenvalue weighted by atomic mass is 10.1. The highest BCUT2D eigenvalue weighted by molar-refractivity contribution is 8.13. The monoisotopic (exact) mass is 327 g/mol. The number of carbonyl (C=O) groups excluding carboxylic acids is 1. The number of rotatable bonds is 3. The highest BCUT2D eigenvalue weighted by Crippen LogP contribution is 2.27. The fourth-order valence-electron chi connectivity index (χ4n) is 1.91. The van der Waals surface area contributed by atoms with E-state index in [0.29, 0.717) is 0 Å². The second kappa shape index (κ2) is 5.18. The molecule has 1 unspecified atom stereocenters. The second-order valence-corrected chi connectivity index (χ2v) is 7.25. The third kappa shape index (κ3) is 3.52. The number of hydrogen-bond donors (Lipinski definition) is 0. The van der Waals surface area contributed by atoms with E-state index in [9.17, 15) is 17.6 Å². The van der Waals surface area contributed by atoms with Gasteiger partial charge in [-0.05, 0) is 11.6 Å². The van der Waals surface area contributed by atoms with E-state index in [4.69, 9.17) is 22.3 Å². The molecule has 1 atom stereocenters.